The van der Waals surface area contributed by atoms with E-state index in [0.717, 1.165) is 5.56 Å². The summed E-state index contributed by atoms with van der Waals surface area (Å²) in [5, 5.41) is 2.26. The van der Waals surface area contributed by atoms with Crippen LogP contribution in [-0.4, -0.2) is 42.8 Å². The number of imide groups is 1. The summed E-state index contributed by atoms with van der Waals surface area (Å²) in [6, 6.07) is 8.86. The summed E-state index contributed by atoms with van der Waals surface area (Å²) in [7, 11) is 1.56. The summed E-state index contributed by atoms with van der Waals surface area (Å²) in [6.45, 7) is 0.260. The van der Waals surface area contributed by atoms with Crippen molar-refractivity contribution in [2.75, 3.05) is 13.7 Å². The minimum absolute atomic E-state index is 0.240. The summed E-state index contributed by atoms with van der Waals surface area (Å²) in [6.07, 6.45) is 0.898. The number of hydrogen-bond donors (Lipinski definition) is 1. The van der Waals surface area contributed by atoms with Crippen molar-refractivity contribution in [1.29, 1.82) is 0 Å². The Hall–Kier alpha value is -2.21. The summed E-state index contributed by atoms with van der Waals surface area (Å²) in [4.78, 5) is 35.7. The predicted molar refractivity (Wildman–Crippen MR) is 75.1 cm³/mol. The van der Waals surface area contributed by atoms with E-state index in [1.807, 2.05) is 30.3 Å². The molecule has 1 heterocycles. The van der Waals surface area contributed by atoms with Crippen LogP contribution in [0.2, 0.25) is 0 Å². The van der Waals surface area contributed by atoms with Gasteiger partial charge in [-0.05, 0) is 12.0 Å². The van der Waals surface area contributed by atoms with Crippen LogP contribution >= 0.6 is 0 Å². The van der Waals surface area contributed by atoms with Crippen LogP contribution < -0.4 is 5.32 Å². The molecule has 2 atom stereocenters. The fourth-order valence-electron chi connectivity index (χ4n) is 2.42. The van der Waals surface area contributed by atoms with E-state index in [1.165, 1.54) is 4.90 Å². The molecule has 1 fully saturated rings. The van der Waals surface area contributed by atoms with Crippen LogP contribution in [0.25, 0.3) is 0 Å². The summed E-state index contributed by atoms with van der Waals surface area (Å²) >= 11 is 0. The molecule has 6 heteroatoms. The largest absolute Gasteiger partial charge is 0.375 e. The third kappa shape index (κ3) is 3.66. The van der Waals surface area contributed by atoms with Crippen LogP contribution in [0, 0.1) is 0 Å². The number of rotatable bonds is 6. The second-order valence-corrected chi connectivity index (χ2v) is 4.90. The maximum atomic E-state index is 11.8. The van der Waals surface area contributed by atoms with E-state index in [9.17, 15) is 14.4 Å². The van der Waals surface area contributed by atoms with Crippen molar-refractivity contribution in [3.05, 3.63) is 35.9 Å². The van der Waals surface area contributed by atoms with Gasteiger partial charge in [0, 0.05) is 13.5 Å². The molecule has 6 nitrogen and oxygen atoms in total. The van der Waals surface area contributed by atoms with Crippen molar-refractivity contribution < 1.29 is 19.1 Å². The van der Waals surface area contributed by atoms with E-state index < -0.39 is 11.9 Å². The standard InChI is InChI=1S/C15H18N2O4/c1-21-13(11-5-3-2-4-6-11)9-17(10-18)12-7-8-14(19)16-15(12)20/h2-6,10,12-13H,7-9H2,1H3,(H,16,19,20). The molecule has 1 aromatic rings. The van der Waals surface area contributed by atoms with Crippen molar-refractivity contribution in [1.82, 2.24) is 10.2 Å². The Labute approximate surface area is 123 Å². The van der Waals surface area contributed by atoms with Gasteiger partial charge in [0.15, 0.2) is 0 Å². The first-order valence-electron chi connectivity index (χ1n) is 6.78. The van der Waals surface area contributed by atoms with Crippen molar-refractivity contribution in [3.63, 3.8) is 0 Å². The molecule has 1 N–H and O–H groups in total. The van der Waals surface area contributed by atoms with Gasteiger partial charge in [0.2, 0.25) is 18.2 Å². The molecule has 0 saturated carbocycles. The third-order valence-electron chi connectivity index (χ3n) is 3.58. The van der Waals surface area contributed by atoms with E-state index in [0.29, 0.717) is 12.8 Å². The highest BCUT2D eigenvalue weighted by atomic mass is 16.5. The molecule has 0 aromatic heterocycles. The van der Waals surface area contributed by atoms with Gasteiger partial charge in [-0.3, -0.25) is 19.7 Å². The molecule has 3 amide bonds. The molecule has 2 unspecified atom stereocenters. The van der Waals surface area contributed by atoms with E-state index >= 15 is 0 Å². The smallest absolute Gasteiger partial charge is 0.249 e. The van der Waals surface area contributed by atoms with Crippen LogP contribution in [0.1, 0.15) is 24.5 Å². The summed E-state index contributed by atoms with van der Waals surface area (Å²) in [5.41, 5.74) is 0.930. The van der Waals surface area contributed by atoms with Crippen LogP contribution in [0.5, 0.6) is 0 Å². The highest BCUT2D eigenvalue weighted by Gasteiger charge is 2.32. The molecule has 2 rings (SSSR count). The molecule has 0 radical (unpaired) electrons. The zero-order chi connectivity index (χ0) is 15.2. The number of ether oxygens (including phenoxy) is 1. The Morgan fingerprint density at radius 1 is 1.38 bits per heavy atom. The van der Waals surface area contributed by atoms with Crippen molar-refractivity contribution in [3.8, 4) is 0 Å². The molecular formula is C15H18N2O4. The predicted octanol–water partition coefficient (Wildman–Crippen LogP) is 0.638. The van der Waals surface area contributed by atoms with Gasteiger partial charge in [0.05, 0.1) is 12.6 Å². The van der Waals surface area contributed by atoms with Gasteiger partial charge in [0.25, 0.3) is 0 Å². The van der Waals surface area contributed by atoms with Gasteiger partial charge in [-0.15, -0.1) is 0 Å². The highest BCUT2D eigenvalue weighted by Crippen LogP contribution is 2.20. The normalized spacial score (nSPS) is 19.8. The van der Waals surface area contributed by atoms with Crippen molar-refractivity contribution in [2.24, 2.45) is 0 Å². The number of nitrogens with one attached hydrogen (secondary N) is 1. The zero-order valence-electron chi connectivity index (χ0n) is 11.8. The van der Waals surface area contributed by atoms with E-state index in [4.69, 9.17) is 4.74 Å². The number of amides is 3. The number of hydrogen-bond acceptors (Lipinski definition) is 4. The minimum atomic E-state index is -0.624. The molecule has 0 bridgehead atoms. The van der Waals surface area contributed by atoms with Crippen LogP contribution in [-0.2, 0) is 19.1 Å². The van der Waals surface area contributed by atoms with Gasteiger partial charge in [-0.2, -0.15) is 0 Å². The van der Waals surface area contributed by atoms with E-state index in [2.05, 4.69) is 5.32 Å². The second kappa shape index (κ2) is 6.99. The maximum Gasteiger partial charge on any atom is 0.249 e. The average Bonchev–Trinajstić information content (AvgIpc) is 2.50. The van der Waals surface area contributed by atoms with E-state index in [1.54, 1.807) is 7.11 Å². The summed E-state index contributed by atoms with van der Waals surface area (Å²) in [5.74, 6) is -0.727. The first kappa shape index (κ1) is 15.2. The molecule has 1 aliphatic heterocycles. The van der Waals surface area contributed by atoms with Crippen LogP contribution in [0.15, 0.2) is 30.3 Å². The highest BCUT2D eigenvalue weighted by molar-refractivity contribution is 6.00. The molecule has 0 spiro atoms. The fourth-order valence-corrected chi connectivity index (χ4v) is 2.42. The quantitative estimate of drug-likeness (QED) is 0.616. The van der Waals surface area contributed by atoms with Gasteiger partial charge in [-0.25, -0.2) is 0 Å². The van der Waals surface area contributed by atoms with Gasteiger partial charge in [-0.1, -0.05) is 30.3 Å². The lowest BCUT2D eigenvalue weighted by molar-refractivity contribution is -0.142. The first-order valence-corrected chi connectivity index (χ1v) is 6.78. The topological polar surface area (TPSA) is 75.7 Å². The molecule has 0 aliphatic carbocycles. The van der Waals surface area contributed by atoms with Crippen LogP contribution in [0.4, 0.5) is 0 Å². The monoisotopic (exact) mass is 290 g/mol. The SMILES string of the molecule is COC(CN(C=O)C1CCC(=O)NC1=O)c1ccccc1. The van der Waals surface area contributed by atoms with Gasteiger partial charge < -0.3 is 9.64 Å². The Kier molecular flexibility index (Phi) is 5.05. The second-order valence-electron chi connectivity index (χ2n) is 4.90. The maximum absolute atomic E-state index is 11.8. The van der Waals surface area contributed by atoms with Crippen LogP contribution in [0.3, 0.4) is 0 Å². The third-order valence-corrected chi connectivity index (χ3v) is 3.58. The number of methoxy groups -OCH3 is 1. The first-order chi connectivity index (χ1) is 10.2. The lowest BCUT2D eigenvalue weighted by Gasteiger charge is -2.32. The number of carbonyl (C=O) groups excluding carboxylic acids is 3. The Morgan fingerprint density at radius 3 is 2.67 bits per heavy atom. The van der Waals surface area contributed by atoms with Gasteiger partial charge >= 0.3 is 0 Å². The average molecular weight is 290 g/mol. The molecule has 1 aliphatic rings. The molecule has 112 valence electrons. The molecule has 21 heavy (non-hydrogen) atoms. The van der Waals surface area contributed by atoms with E-state index in [-0.39, 0.29) is 25.0 Å². The lowest BCUT2D eigenvalue weighted by atomic mass is 10.0. The molecular weight excluding hydrogens is 272 g/mol. The molecule has 1 aromatic carbocycles. The Bertz CT molecular complexity index is 518. The Balaban J connectivity index is 2.09. The number of nitrogens with zero attached hydrogens (tertiary/aromatic N) is 1. The number of benzene rings is 1. The minimum Gasteiger partial charge on any atom is -0.375 e. The fraction of sp³-hybridized carbons (Fsp3) is 0.400. The number of piperidine rings is 1. The summed E-state index contributed by atoms with van der Waals surface area (Å²) < 4.78 is 5.42. The molecule has 1 saturated heterocycles. The lowest BCUT2D eigenvalue weighted by Crippen LogP contribution is -2.53. The van der Waals surface area contributed by atoms with Gasteiger partial charge in [0.1, 0.15) is 6.04 Å². The number of carbonyl (C=O) groups is 3. The zero-order valence-corrected chi connectivity index (χ0v) is 11.8. The van der Waals surface area contributed by atoms with Crippen molar-refractivity contribution >= 4 is 18.2 Å². The van der Waals surface area contributed by atoms with Crippen molar-refractivity contribution in [2.45, 2.75) is 25.0 Å². The Morgan fingerprint density at radius 2 is 2.10 bits per heavy atom.